The zero-order chi connectivity index (χ0) is 13.5. The minimum Gasteiger partial charge on any atom is -0.481 e. The van der Waals surface area contributed by atoms with Crippen LogP contribution in [0.2, 0.25) is 0 Å². The van der Waals surface area contributed by atoms with Gasteiger partial charge in [0.2, 0.25) is 5.91 Å². The highest BCUT2D eigenvalue weighted by Gasteiger charge is 2.65. The summed E-state index contributed by atoms with van der Waals surface area (Å²) in [5.41, 5.74) is -0.0658. The third-order valence-electron chi connectivity index (χ3n) is 3.49. The lowest BCUT2D eigenvalue weighted by Gasteiger charge is -2.05. The summed E-state index contributed by atoms with van der Waals surface area (Å²) in [6.45, 7) is 3.50. The summed E-state index contributed by atoms with van der Waals surface area (Å²) in [7, 11) is 0. The van der Waals surface area contributed by atoms with Crippen molar-refractivity contribution in [2.24, 2.45) is 17.3 Å². The summed E-state index contributed by atoms with van der Waals surface area (Å²) < 4.78 is 12.7. The summed E-state index contributed by atoms with van der Waals surface area (Å²) in [5.74, 6) is -2.88. The second-order valence-electron chi connectivity index (χ2n) is 5.11. The van der Waals surface area contributed by atoms with Gasteiger partial charge in [-0.05, 0) is 29.7 Å². The van der Waals surface area contributed by atoms with Crippen LogP contribution in [-0.2, 0) is 9.59 Å². The molecule has 1 fully saturated rings. The Morgan fingerprint density at radius 1 is 1.22 bits per heavy atom. The van der Waals surface area contributed by atoms with Gasteiger partial charge in [0.25, 0.3) is 0 Å². The van der Waals surface area contributed by atoms with Gasteiger partial charge in [0.15, 0.2) is 0 Å². The number of carbonyl (C=O) groups is 2. The number of hydrogen-bond donors (Lipinski definition) is 2. The van der Waals surface area contributed by atoms with Crippen LogP contribution >= 0.6 is 0 Å². The Labute approximate surface area is 104 Å². The number of aliphatic carboxylic acids is 1. The van der Waals surface area contributed by atoms with E-state index >= 15 is 0 Å². The monoisotopic (exact) mass is 251 g/mol. The fourth-order valence-electron chi connectivity index (χ4n) is 2.34. The van der Waals surface area contributed by atoms with Crippen LogP contribution in [0.25, 0.3) is 0 Å². The Kier molecular flexibility index (Phi) is 2.84. The summed E-state index contributed by atoms with van der Waals surface area (Å²) in [6, 6.07) is 5.36. The number of anilines is 1. The van der Waals surface area contributed by atoms with E-state index in [-0.39, 0.29) is 11.7 Å². The fourth-order valence-corrected chi connectivity index (χ4v) is 2.34. The Morgan fingerprint density at radius 2 is 1.78 bits per heavy atom. The largest absolute Gasteiger partial charge is 0.481 e. The molecule has 0 unspecified atom stereocenters. The van der Waals surface area contributed by atoms with Crippen molar-refractivity contribution < 1.29 is 19.1 Å². The Hall–Kier alpha value is -1.91. The zero-order valence-electron chi connectivity index (χ0n) is 10.1. The van der Waals surface area contributed by atoms with E-state index in [0.29, 0.717) is 5.69 Å². The number of amides is 1. The number of nitrogens with one attached hydrogen (secondary N) is 1. The maximum absolute atomic E-state index is 12.7. The van der Waals surface area contributed by atoms with E-state index in [1.54, 1.807) is 13.8 Å². The van der Waals surface area contributed by atoms with Crippen molar-refractivity contribution in [3.05, 3.63) is 30.1 Å². The standard InChI is InChI=1S/C13H14FNO3/c1-13(2)9(10(13)12(17)18)11(16)15-8-5-3-7(14)4-6-8/h3-6,9-10H,1-2H3,(H,15,16)(H,17,18)/t9-,10+/m1/s1. The van der Waals surface area contributed by atoms with E-state index in [1.807, 2.05) is 0 Å². The van der Waals surface area contributed by atoms with Crippen LogP contribution in [0.3, 0.4) is 0 Å². The molecule has 1 saturated carbocycles. The number of carboxylic acids is 1. The first-order chi connectivity index (χ1) is 8.34. The third kappa shape index (κ3) is 2.08. The van der Waals surface area contributed by atoms with Crippen LogP contribution in [0.5, 0.6) is 0 Å². The van der Waals surface area contributed by atoms with E-state index in [2.05, 4.69) is 5.32 Å². The van der Waals surface area contributed by atoms with Crippen molar-refractivity contribution in [1.29, 1.82) is 0 Å². The molecule has 4 nitrogen and oxygen atoms in total. The topological polar surface area (TPSA) is 66.4 Å². The molecule has 0 bridgehead atoms. The Balaban J connectivity index is 2.06. The number of rotatable bonds is 3. The van der Waals surface area contributed by atoms with Gasteiger partial charge in [0.05, 0.1) is 11.8 Å². The van der Waals surface area contributed by atoms with Gasteiger partial charge in [0.1, 0.15) is 5.82 Å². The zero-order valence-corrected chi connectivity index (χ0v) is 10.1. The Bertz CT molecular complexity index is 495. The van der Waals surface area contributed by atoms with Crippen molar-refractivity contribution in [3.8, 4) is 0 Å². The molecule has 18 heavy (non-hydrogen) atoms. The average molecular weight is 251 g/mol. The molecule has 1 amide bonds. The molecule has 0 saturated heterocycles. The molecule has 0 spiro atoms. The lowest BCUT2D eigenvalue weighted by molar-refractivity contribution is -0.140. The van der Waals surface area contributed by atoms with Gasteiger partial charge in [0, 0.05) is 5.69 Å². The lowest BCUT2D eigenvalue weighted by Crippen LogP contribution is -2.17. The van der Waals surface area contributed by atoms with E-state index < -0.39 is 23.2 Å². The number of benzene rings is 1. The molecule has 0 aromatic heterocycles. The first-order valence-electron chi connectivity index (χ1n) is 5.63. The van der Waals surface area contributed by atoms with Crippen LogP contribution < -0.4 is 5.32 Å². The predicted octanol–water partition coefficient (Wildman–Crippen LogP) is 2.12. The molecule has 2 N–H and O–H groups in total. The minimum absolute atomic E-state index is 0.334. The van der Waals surface area contributed by atoms with Gasteiger partial charge >= 0.3 is 5.97 Å². The molecule has 1 aliphatic rings. The molecule has 0 heterocycles. The predicted molar refractivity (Wildman–Crippen MR) is 63.4 cm³/mol. The van der Waals surface area contributed by atoms with Gasteiger partial charge in [-0.25, -0.2) is 4.39 Å². The average Bonchev–Trinajstić information content (AvgIpc) is 2.85. The maximum atomic E-state index is 12.7. The summed E-state index contributed by atoms with van der Waals surface area (Å²) in [6.07, 6.45) is 0. The van der Waals surface area contributed by atoms with Crippen molar-refractivity contribution in [2.45, 2.75) is 13.8 Å². The molecule has 5 heteroatoms. The van der Waals surface area contributed by atoms with Crippen LogP contribution in [-0.4, -0.2) is 17.0 Å². The molecule has 96 valence electrons. The lowest BCUT2D eigenvalue weighted by atomic mass is 10.1. The second kappa shape index (κ2) is 4.08. The third-order valence-corrected chi connectivity index (χ3v) is 3.49. The molecule has 1 aromatic rings. The molecule has 1 aromatic carbocycles. The van der Waals surface area contributed by atoms with E-state index in [0.717, 1.165) is 0 Å². The molecule has 2 atom stereocenters. The second-order valence-corrected chi connectivity index (χ2v) is 5.11. The highest BCUT2D eigenvalue weighted by molar-refractivity contribution is 5.99. The molecule has 2 rings (SSSR count). The molecular formula is C13H14FNO3. The van der Waals surface area contributed by atoms with Crippen LogP contribution in [0.1, 0.15) is 13.8 Å². The van der Waals surface area contributed by atoms with Gasteiger partial charge in [-0.1, -0.05) is 13.8 Å². The van der Waals surface area contributed by atoms with E-state index in [9.17, 15) is 14.0 Å². The summed E-state index contributed by atoms with van der Waals surface area (Å²) >= 11 is 0. The molecule has 0 radical (unpaired) electrons. The van der Waals surface area contributed by atoms with Crippen LogP contribution in [0.4, 0.5) is 10.1 Å². The number of hydrogen-bond acceptors (Lipinski definition) is 2. The van der Waals surface area contributed by atoms with Crippen LogP contribution in [0.15, 0.2) is 24.3 Å². The van der Waals surface area contributed by atoms with Gasteiger partial charge in [-0.15, -0.1) is 0 Å². The van der Waals surface area contributed by atoms with Crippen molar-refractivity contribution in [3.63, 3.8) is 0 Å². The Morgan fingerprint density at radius 3 is 2.22 bits per heavy atom. The quantitative estimate of drug-likeness (QED) is 0.864. The number of halogens is 1. The van der Waals surface area contributed by atoms with Crippen molar-refractivity contribution in [2.75, 3.05) is 5.32 Å². The normalized spacial score (nSPS) is 24.4. The molecule has 1 aliphatic carbocycles. The molecule has 0 aliphatic heterocycles. The minimum atomic E-state index is -0.959. The van der Waals surface area contributed by atoms with E-state index in [4.69, 9.17) is 5.11 Å². The van der Waals surface area contributed by atoms with Gasteiger partial charge in [-0.2, -0.15) is 0 Å². The smallest absolute Gasteiger partial charge is 0.307 e. The van der Waals surface area contributed by atoms with Crippen molar-refractivity contribution in [1.82, 2.24) is 0 Å². The number of carbonyl (C=O) groups excluding carboxylic acids is 1. The summed E-state index contributed by atoms with van der Waals surface area (Å²) in [4.78, 5) is 22.9. The van der Waals surface area contributed by atoms with E-state index in [1.165, 1.54) is 24.3 Å². The summed E-state index contributed by atoms with van der Waals surface area (Å²) in [5, 5.41) is 11.6. The van der Waals surface area contributed by atoms with Crippen molar-refractivity contribution >= 4 is 17.6 Å². The SMILES string of the molecule is CC1(C)[C@H](C(=O)O)[C@@H]1C(=O)Nc1ccc(F)cc1. The van der Waals surface area contributed by atoms with Crippen LogP contribution in [0, 0.1) is 23.1 Å². The van der Waals surface area contributed by atoms with Gasteiger partial charge in [-0.3, -0.25) is 9.59 Å². The first kappa shape index (κ1) is 12.5. The maximum Gasteiger partial charge on any atom is 0.307 e. The highest BCUT2D eigenvalue weighted by atomic mass is 19.1. The molecular weight excluding hydrogens is 237 g/mol. The van der Waals surface area contributed by atoms with Gasteiger partial charge < -0.3 is 10.4 Å². The fraction of sp³-hybridized carbons (Fsp3) is 0.385. The first-order valence-corrected chi connectivity index (χ1v) is 5.63. The number of carboxylic acid groups (broad SMARTS) is 1. The highest BCUT2D eigenvalue weighted by Crippen LogP contribution is 2.58.